The molecule has 0 unspecified atom stereocenters. The Hall–Kier alpha value is -2.27. The summed E-state index contributed by atoms with van der Waals surface area (Å²) in [4.78, 5) is 2.09. The predicted octanol–water partition coefficient (Wildman–Crippen LogP) is 3.67. The van der Waals surface area contributed by atoms with Gasteiger partial charge in [-0.2, -0.15) is 0 Å². The number of benzene rings is 2. The molecule has 2 aromatic carbocycles. The van der Waals surface area contributed by atoms with Gasteiger partial charge in [0.25, 0.3) is 0 Å². The van der Waals surface area contributed by atoms with E-state index in [1.807, 2.05) is 18.2 Å². The van der Waals surface area contributed by atoms with Gasteiger partial charge in [0, 0.05) is 19.6 Å². The smallest absolute Gasteiger partial charge is 0.169 e. The molecule has 0 aliphatic heterocycles. The minimum absolute atomic E-state index is 0.107. The van der Waals surface area contributed by atoms with Gasteiger partial charge in [0.2, 0.25) is 0 Å². The Bertz CT molecular complexity index is 689. The molecule has 4 nitrogen and oxygen atoms in total. The summed E-state index contributed by atoms with van der Waals surface area (Å²) in [6.45, 7) is 6.47. The van der Waals surface area contributed by atoms with Crippen molar-refractivity contribution in [2.45, 2.75) is 26.8 Å². The largest absolute Gasteiger partial charge is 0.504 e. The van der Waals surface area contributed by atoms with Crippen LogP contribution in [0.25, 0.3) is 0 Å². The Morgan fingerprint density at radius 2 is 1.76 bits per heavy atom. The van der Waals surface area contributed by atoms with E-state index in [1.165, 1.54) is 11.6 Å². The van der Waals surface area contributed by atoms with Crippen LogP contribution in [-0.4, -0.2) is 33.3 Å². The molecule has 0 bridgehead atoms. The number of thiocarbonyl (C=S) groups is 1. The van der Waals surface area contributed by atoms with Crippen LogP contribution in [-0.2, 0) is 13.0 Å². The van der Waals surface area contributed by atoms with Crippen molar-refractivity contribution in [1.82, 2.24) is 10.2 Å². The van der Waals surface area contributed by atoms with E-state index in [-0.39, 0.29) is 11.5 Å². The second-order valence-electron chi connectivity index (χ2n) is 6.56. The molecule has 25 heavy (non-hydrogen) atoms. The lowest BCUT2D eigenvalue weighted by Gasteiger charge is -2.28. The number of phenols is 2. The van der Waals surface area contributed by atoms with Crippen LogP contribution in [0.4, 0.5) is 0 Å². The van der Waals surface area contributed by atoms with Gasteiger partial charge in [-0.25, -0.2) is 0 Å². The number of hydrogen-bond donors (Lipinski definition) is 3. The molecule has 2 rings (SSSR count). The molecule has 0 aliphatic carbocycles. The van der Waals surface area contributed by atoms with Gasteiger partial charge in [-0.1, -0.05) is 50.2 Å². The van der Waals surface area contributed by atoms with Crippen LogP contribution in [0.1, 0.15) is 25.0 Å². The average molecular weight is 359 g/mol. The van der Waals surface area contributed by atoms with Gasteiger partial charge in [-0.15, -0.1) is 0 Å². The Morgan fingerprint density at radius 3 is 2.40 bits per heavy atom. The molecule has 0 aliphatic rings. The summed E-state index contributed by atoms with van der Waals surface area (Å²) < 4.78 is 0. The van der Waals surface area contributed by atoms with Gasteiger partial charge >= 0.3 is 0 Å². The van der Waals surface area contributed by atoms with E-state index in [2.05, 4.69) is 36.2 Å². The highest BCUT2D eigenvalue weighted by Crippen LogP contribution is 2.25. The summed E-state index contributed by atoms with van der Waals surface area (Å²) in [5.41, 5.74) is 2.18. The first-order valence-electron chi connectivity index (χ1n) is 8.53. The van der Waals surface area contributed by atoms with Crippen molar-refractivity contribution in [3.8, 4) is 11.5 Å². The minimum Gasteiger partial charge on any atom is -0.504 e. The molecule has 0 spiro atoms. The molecule has 0 saturated heterocycles. The second kappa shape index (κ2) is 9.28. The lowest BCUT2D eigenvalue weighted by molar-refractivity contribution is 0.352. The van der Waals surface area contributed by atoms with Crippen molar-refractivity contribution in [1.29, 1.82) is 0 Å². The van der Waals surface area contributed by atoms with E-state index >= 15 is 0 Å². The first-order chi connectivity index (χ1) is 12.0. The zero-order chi connectivity index (χ0) is 18.2. The molecule has 0 aromatic heterocycles. The summed E-state index contributed by atoms with van der Waals surface area (Å²) in [5.74, 6) is 0.243. The number of nitrogens with one attached hydrogen (secondary N) is 1. The average Bonchev–Trinajstić information content (AvgIpc) is 2.58. The molecular weight excluding hydrogens is 332 g/mol. The SMILES string of the molecule is CC(C)CN(Cc1ccc(O)c(O)c1)C(=S)NCCc1ccccc1. The second-order valence-corrected chi connectivity index (χ2v) is 6.95. The number of rotatable bonds is 7. The van der Waals surface area contributed by atoms with Crippen LogP contribution in [0.2, 0.25) is 0 Å². The van der Waals surface area contributed by atoms with Gasteiger partial charge in [-0.3, -0.25) is 0 Å². The zero-order valence-corrected chi connectivity index (χ0v) is 15.6. The van der Waals surface area contributed by atoms with Crippen molar-refractivity contribution in [3.63, 3.8) is 0 Å². The summed E-state index contributed by atoms with van der Waals surface area (Å²) >= 11 is 5.57. The van der Waals surface area contributed by atoms with Crippen molar-refractivity contribution < 1.29 is 10.2 Å². The fraction of sp³-hybridized carbons (Fsp3) is 0.350. The maximum Gasteiger partial charge on any atom is 0.169 e. The highest BCUT2D eigenvalue weighted by Gasteiger charge is 2.13. The van der Waals surface area contributed by atoms with Gasteiger partial charge in [0.1, 0.15) is 0 Å². The standard InChI is InChI=1S/C20H26N2O2S/c1-15(2)13-22(14-17-8-9-18(23)19(24)12-17)20(25)21-11-10-16-6-4-3-5-7-16/h3-9,12,15,23-24H,10-11,13-14H2,1-2H3,(H,21,25). The highest BCUT2D eigenvalue weighted by molar-refractivity contribution is 7.80. The number of hydrogen-bond acceptors (Lipinski definition) is 3. The van der Waals surface area contributed by atoms with Gasteiger partial charge in [0.05, 0.1) is 0 Å². The normalized spacial score (nSPS) is 10.7. The number of nitrogens with zero attached hydrogens (tertiary/aromatic N) is 1. The van der Waals surface area contributed by atoms with Crippen LogP contribution in [0.5, 0.6) is 11.5 Å². The highest BCUT2D eigenvalue weighted by atomic mass is 32.1. The van der Waals surface area contributed by atoms with Crippen LogP contribution >= 0.6 is 12.2 Å². The van der Waals surface area contributed by atoms with Crippen LogP contribution < -0.4 is 5.32 Å². The monoisotopic (exact) mass is 358 g/mol. The first kappa shape index (κ1) is 19.1. The number of phenolic OH excluding ortho intramolecular Hbond substituents is 2. The van der Waals surface area contributed by atoms with Gasteiger partial charge in [-0.05, 0) is 47.8 Å². The zero-order valence-electron chi connectivity index (χ0n) is 14.8. The van der Waals surface area contributed by atoms with Crippen molar-refractivity contribution in [3.05, 3.63) is 59.7 Å². The minimum atomic E-state index is -0.109. The Kier molecular flexibility index (Phi) is 7.07. The molecule has 0 atom stereocenters. The fourth-order valence-corrected chi connectivity index (χ4v) is 2.86. The van der Waals surface area contributed by atoms with Crippen molar-refractivity contribution in [2.75, 3.05) is 13.1 Å². The molecule has 0 amide bonds. The molecule has 0 fully saturated rings. The first-order valence-corrected chi connectivity index (χ1v) is 8.94. The van der Waals surface area contributed by atoms with Crippen molar-refractivity contribution >= 4 is 17.3 Å². The third-order valence-corrected chi connectivity index (χ3v) is 4.22. The third kappa shape index (κ3) is 6.27. The van der Waals surface area contributed by atoms with Crippen LogP contribution in [0, 0.1) is 5.92 Å². The van der Waals surface area contributed by atoms with E-state index in [4.69, 9.17) is 12.2 Å². The quantitative estimate of drug-likeness (QED) is 0.521. The molecule has 0 saturated carbocycles. The van der Waals surface area contributed by atoms with E-state index in [9.17, 15) is 10.2 Å². The summed E-state index contributed by atoms with van der Waals surface area (Å²) in [6, 6.07) is 15.2. The molecule has 5 heteroatoms. The van der Waals surface area contributed by atoms with Gasteiger partial charge < -0.3 is 20.4 Å². The fourth-order valence-electron chi connectivity index (χ4n) is 2.62. The van der Waals surface area contributed by atoms with E-state index in [0.29, 0.717) is 17.6 Å². The summed E-state index contributed by atoms with van der Waals surface area (Å²) in [7, 11) is 0. The maximum atomic E-state index is 9.68. The van der Waals surface area contributed by atoms with E-state index in [1.54, 1.807) is 12.1 Å². The lowest BCUT2D eigenvalue weighted by Crippen LogP contribution is -2.41. The van der Waals surface area contributed by atoms with Crippen molar-refractivity contribution in [2.24, 2.45) is 5.92 Å². The predicted molar refractivity (Wildman–Crippen MR) is 106 cm³/mol. The molecule has 3 N–H and O–H groups in total. The summed E-state index contributed by atoms with van der Waals surface area (Å²) in [6.07, 6.45) is 0.913. The maximum absolute atomic E-state index is 9.68. The van der Waals surface area contributed by atoms with E-state index in [0.717, 1.165) is 25.1 Å². The van der Waals surface area contributed by atoms with Crippen LogP contribution in [0.3, 0.4) is 0 Å². The Morgan fingerprint density at radius 1 is 1.04 bits per heavy atom. The number of aromatic hydroxyl groups is 2. The molecular formula is C20H26N2O2S. The molecule has 0 radical (unpaired) electrons. The van der Waals surface area contributed by atoms with Crippen LogP contribution in [0.15, 0.2) is 48.5 Å². The molecule has 2 aromatic rings. The molecule has 134 valence electrons. The summed E-state index contributed by atoms with van der Waals surface area (Å²) in [5, 5.41) is 23.2. The third-order valence-electron chi connectivity index (χ3n) is 3.82. The van der Waals surface area contributed by atoms with E-state index < -0.39 is 0 Å². The molecule has 0 heterocycles. The van der Waals surface area contributed by atoms with Gasteiger partial charge in [0.15, 0.2) is 16.6 Å². The topological polar surface area (TPSA) is 55.7 Å². The lowest BCUT2D eigenvalue weighted by atomic mass is 10.1. The Balaban J connectivity index is 1.95. The Labute approximate surface area is 155 Å².